The van der Waals surface area contributed by atoms with Gasteiger partial charge in [-0.05, 0) is 30.7 Å². The van der Waals surface area contributed by atoms with E-state index in [1.807, 2.05) is 26.1 Å². The van der Waals surface area contributed by atoms with Crippen molar-refractivity contribution in [2.75, 3.05) is 32.2 Å². The smallest absolute Gasteiger partial charge is 0.338 e. The molecule has 1 aromatic rings. The third-order valence-corrected chi connectivity index (χ3v) is 2.22. The van der Waals surface area contributed by atoms with Crippen LogP contribution >= 0.6 is 0 Å². The normalized spacial score (nSPS) is 10.0. The number of carbonyl (C=O) groups excluding carboxylic acids is 1. The molecule has 0 amide bonds. The standard InChI is InChI=1S/C13H19NO3/c1-3-8-16-9-10-17-13(15)11-4-6-12(14-2)7-5-11/h4-7,14H,3,8-10H2,1-2H3. The molecule has 4 heteroatoms. The highest BCUT2D eigenvalue weighted by molar-refractivity contribution is 5.89. The van der Waals surface area contributed by atoms with Crippen LogP contribution in [0.5, 0.6) is 0 Å². The predicted molar refractivity (Wildman–Crippen MR) is 67.4 cm³/mol. The van der Waals surface area contributed by atoms with Crippen molar-refractivity contribution in [3.8, 4) is 0 Å². The maximum absolute atomic E-state index is 11.6. The summed E-state index contributed by atoms with van der Waals surface area (Å²) in [5.41, 5.74) is 1.52. The van der Waals surface area contributed by atoms with Crippen LogP contribution in [0.25, 0.3) is 0 Å². The van der Waals surface area contributed by atoms with Gasteiger partial charge in [-0.1, -0.05) is 6.92 Å². The summed E-state index contributed by atoms with van der Waals surface area (Å²) < 4.78 is 10.3. The van der Waals surface area contributed by atoms with Crippen molar-refractivity contribution in [2.45, 2.75) is 13.3 Å². The first-order valence-electron chi connectivity index (χ1n) is 5.80. The van der Waals surface area contributed by atoms with Crippen LogP contribution in [0.15, 0.2) is 24.3 Å². The van der Waals surface area contributed by atoms with E-state index in [0.29, 0.717) is 25.4 Å². The second kappa shape index (κ2) is 7.68. The first-order valence-corrected chi connectivity index (χ1v) is 5.80. The van der Waals surface area contributed by atoms with Crippen molar-refractivity contribution in [1.82, 2.24) is 0 Å². The minimum absolute atomic E-state index is 0.298. The van der Waals surface area contributed by atoms with Gasteiger partial charge in [-0.3, -0.25) is 0 Å². The lowest BCUT2D eigenvalue weighted by atomic mass is 10.2. The van der Waals surface area contributed by atoms with Crippen LogP contribution < -0.4 is 5.32 Å². The third-order valence-electron chi connectivity index (χ3n) is 2.22. The van der Waals surface area contributed by atoms with Gasteiger partial charge in [-0.2, -0.15) is 0 Å². The van der Waals surface area contributed by atoms with Gasteiger partial charge in [0.05, 0.1) is 12.2 Å². The highest BCUT2D eigenvalue weighted by atomic mass is 16.6. The molecule has 1 rings (SSSR count). The molecule has 4 nitrogen and oxygen atoms in total. The highest BCUT2D eigenvalue weighted by Gasteiger charge is 2.06. The van der Waals surface area contributed by atoms with Gasteiger partial charge in [0.25, 0.3) is 0 Å². The molecule has 0 aromatic heterocycles. The average molecular weight is 237 g/mol. The molecule has 0 spiro atoms. The summed E-state index contributed by atoms with van der Waals surface area (Å²) in [6.07, 6.45) is 0.972. The van der Waals surface area contributed by atoms with Crippen molar-refractivity contribution < 1.29 is 14.3 Å². The Kier molecular flexibility index (Phi) is 6.10. The summed E-state index contributed by atoms with van der Waals surface area (Å²) in [5.74, 6) is -0.312. The number of esters is 1. The molecule has 0 saturated carbocycles. The summed E-state index contributed by atoms with van der Waals surface area (Å²) in [5, 5.41) is 2.99. The van der Waals surface area contributed by atoms with Crippen LogP contribution in [0, 0.1) is 0 Å². The lowest BCUT2D eigenvalue weighted by Crippen LogP contribution is -2.11. The summed E-state index contributed by atoms with van der Waals surface area (Å²) in [6, 6.07) is 7.15. The Balaban J connectivity index is 2.31. The molecule has 1 N–H and O–H groups in total. The Labute approximate surface area is 102 Å². The number of rotatable bonds is 7. The molecular formula is C13H19NO3. The van der Waals surface area contributed by atoms with Gasteiger partial charge in [0.2, 0.25) is 0 Å². The first-order chi connectivity index (χ1) is 8.27. The minimum atomic E-state index is -0.312. The van der Waals surface area contributed by atoms with Crippen LogP contribution in [0.4, 0.5) is 5.69 Å². The van der Waals surface area contributed by atoms with E-state index in [2.05, 4.69) is 5.32 Å². The van der Waals surface area contributed by atoms with Crippen molar-refractivity contribution in [1.29, 1.82) is 0 Å². The van der Waals surface area contributed by atoms with E-state index in [1.54, 1.807) is 12.1 Å². The van der Waals surface area contributed by atoms with Gasteiger partial charge in [0.15, 0.2) is 0 Å². The SMILES string of the molecule is CCCOCCOC(=O)c1ccc(NC)cc1. The van der Waals surface area contributed by atoms with Gasteiger partial charge >= 0.3 is 5.97 Å². The number of anilines is 1. The maximum atomic E-state index is 11.6. The molecule has 0 aliphatic carbocycles. The van der Waals surface area contributed by atoms with Crippen LogP contribution in [0.2, 0.25) is 0 Å². The largest absolute Gasteiger partial charge is 0.460 e. The molecule has 0 bridgehead atoms. The third kappa shape index (κ3) is 4.87. The Bertz CT molecular complexity index is 335. The molecule has 0 heterocycles. The van der Waals surface area contributed by atoms with E-state index < -0.39 is 0 Å². The number of ether oxygens (including phenoxy) is 2. The number of carbonyl (C=O) groups is 1. The van der Waals surface area contributed by atoms with Gasteiger partial charge in [0, 0.05) is 19.3 Å². The molecule has 0 aliphatic rings. The number of nitrogens with one attached hydrogen (secondary N) is 1. The van der Waals surface area contributed by atoms with Gasteiger partial charge in [0.1, 0.15) is 6.61 Å². The summed E-state index contributed by atoms with van der Waals surface area (Å²) in [6.45, 7) is 3.49. The van der Waals surface area contributed by atoms with Gasteiger partial charge < -0.3 is 14.8 Å². The Hall–Kier alpha value is -1.55. The molecule has 17 heavy (non-hydrogen) atoms. The van der Waals surface area contributed by atoms with Crippen molar-refractivity contribution >= 4 is 11.7 Å². The molecule has 0 radical (unpaired) electrons. The number of hydrogen-bond donors (Lipinski definition) is 1. The van der Waals surface area contributed by atoms with Gasteiger partial charge in [-0.15, -0.1) is 0 Å². The topological polar surface area (TPSA) is 47.6 Å². The minimum Gasteiger partial charge on any atom is -0.460 e. The fourth-order valence-electron chi connectivity index (χ4n) is 1.30. The van der Waals surface area contributed by atoms with E-state index in [0.717, 1.165) is 12.1 Å². The molecular weight excluding hydrogens is 218 g/mol. The van der Waals surface area contributed by atoms with Crippen molar-refractivity contribution in [2.24, 2.45) is 0 Å². The molecule has 0 unspecified atom stereocenters. The van der Waals surface area contributed by atoms with E-state index in [9.17, 15) is 4.79 Å². The maximum Gasteiger partial charge on any atom is 0.338 e. The predicted octanol–water partition coefficient (Wildman–Crippen LogP) is 2.31. The number of hydrogen-bond acceptors (Lipinski definition) is 4. The number of benzene rings is 1. The van der Waals surface area contributed by atoms with E-state index in [4.69, 9.17) is 9.47 Å². The lowest BCUT2D eigenvalue weighted by Gasteiger charge is -2.06. The lowest BCUT2D eigenvalue weighted by molar-refractivity contribution is 0.0318. The monoisotopic (exact) mass is 237 g/mol. The quantitative estimate of drug-likeness (QED) is 0.584. The summed E-state index contributed by atoms with van der Waals surface area (Å²) in [7, 11) is 1.83. The molecule has 1 aromatic carbocycles. The van der Waals surface area contributed by atoms with Crippen molar-refractivity contribution in [3.05, 3.63) is 29.8 Å². The Morgan fingerprint density at radius 1 is 1.18 bits per heavy atom. The molecule has 0 fully saturated rings. The molecule has 0 atom stereocenters. The second-order valence-corrected chi connectivity index (χ2v) is 3.58. The summed E-state index contributed by atoms with van der Waals surface area (Å²) in [4.78, 5) is 11.6. The summed E-state index contributed by atoms with van der Waals surface area (Å²) >= 11 is 0. The fourth-order valence-corrected chi connectivity index (χ4v) is 1.30. The highest BCUT2D eigenvalue weighted by Crippen LogP contribution is 2.09. The Morgan fingerprint density at radius 3 is 2.47 bits per heavy atom. The second-order valence-electron chi connectivity index (χ2n) is 3.58. The van der Waals surface area contributed by atoms with E-state index >= 15 is 0 Å². The molecule has 94 valence electrons. The van der Waals surface area contributed by atoms with E-state index in [-0.39, 0.29) is 5.97 Å². The Morgan fingerprint density at radius 2 is 1.88 bits per heavy atom. The zero-order valence-electron chi connectivity index (χ0n) is 10.4. The van der Waals surface area contributed by atoms with Crippen LogP contribution in [-0.4, -0.2) is 32.8 Å². The fraction of sp³-hybridized carbons (Fsp3) is 0.462. The average Bonchev–Trinajstić information content (AvgIpc) is 2.38. The zero-order chi connectivity index (χ0) is 12.5. The van der Waals surface area contributed by atoms with Crippen LogP contribution in [0.1, 0.15) is 23.7 Å². The molecule has 0 saturated heterocycles. The van der Waals surface area contributed by atoms with E-state index in [1.165, 1.54) is 0 Å². The van der Waals surface area contributed by atoms with Crippen LogP contribution in [-0.2, 0) is 9.47 Å². The van der Waals surface area contributed by atoms with Gasteiger partial charge in [-0.25, -0.2) is 4.79 Å². The molecule has 0 aliphatic heterocycles. The van der Waals surface area contributed by atoms with Crippen LogP contribution in [0.3, 0.4) is 0 Å². The van der Waals surface area contributed by atoms with Crippen molar-refractivity contribution in [3.63, 3.8) is 0 Å². The zero-order valence-corrected chi connectivity index (χ0v) is 10.4. The first kappa shape index (κ1) is 13.5.